The number of carboxylic acids is 1. The molecule has 0 saturated heterocycles. The van der Waals surface area contributed by atoms with E-state index in [1.807, 2.05) is 5.32 Å². The van der Waals surface area contributed by atoms with Gasteiger partial charge in [0.15, 0.2) is 0 Å². The van der Waals surface area contributed by atoms with Crippen LogP contribution in [0.5, 0.6) is 0 Å². The fraction of sp³-hybridized carbons (Fsp3) is 0.684. The van der Waals surface area contributed by atoms with Gasteiger partial charge in [-0.25, -0.2) is 4.79 Å². The number of carbonyl (C=O) groups excluding carboxylic acids is 5. The van der Waals surface area contributed by atoms with E-state index in [1.165, 1.54) is 14.0 Å². The van der Waals surface area contributed by atoms with Gasteiger partial charge >= 0.3 is 12.0 Å². The molecule has 0 spiro atoms. The number of aliphatic hydroxyl groups excluding tert-OH is 3. The van der Waals surface area contributed by atoms with Gasteiger partial charge in [0.05, 0.1) is 24.5 Å². The van der Waals surface area contributed by atoms with Crippen molar-refractivity contribution in [1.82, 2.24) is 16.0 Å². The Bertz CT molecular complexity index is 748. The normalized spacial score (nSPS) is 17.1. The summed E-state index contributed by atoms with van der Waals surface area (Å²) in [6, 6.07) is -2.49. The summed E-state index contributed by atoms with van der Waals surface area (Å²) in [5, 5.41) is 44.6. The number of aliphatic carboxylic acids is 1. The third-order valence-electron chi connectivity index (χ3n) is 4.90. The third-order valence-corrected chi connectivity index (χ3v) is 4.90. The van der Waals surface area contributed by atoms with E-state index in [9.17, 15) is 39.0 Å². The molecule has 0 aromatic rings. The maximum Gasteiger partial charge on any atom is 0.321 e. The van der Waals surface area contributed by atoms with Gasteiger partial charge in [-0.15, -0.1) is 0 Å². The first-order valence-corrected chi connectivity index (χ1v) is 10.2. The summed E-state index contributed by atoms with van der Waals surface area (Å²) >= 11 is 0. The maximum absolute atomic E-state index is 12.6. The van der Waals surface area contributed by atoms with Crippen LogP contribution < -0.4 is 21.7 Å². The van der Waals surface area contributed by atoms with Crippen LogP contribution in [0.15, 0.2) is 0 Å². The highest BCUT2D eigenvalue weighted by Crippen LogP contribution is 2.26. The lowest BCUT2D eigenvalue weighted by Crippen LogP contribution is -2.57. The second kappa shape index (κ2) is 14.9. The molecule has 15 nitrogen and oxygen atoms in total. The molecule has 0 bridgehead atoms. The Balaban J connectivity index is 6.17. The summed E-state index contributed by atoms with van der Waals surface area (Å²) < 4.78 is 5.59. The molecular formula is C19H32N4O11. The third kappa shape index (κ3) is 9.78. The highest BCUT2D eigenvalue weighted by atomic mass is 16.5. The van der Waals surface area contributed by atoms with Crippen LogP contribution in [0.1, 0.15) is 26.7 Å². The van der Waals surface area contributed by atoms with Crippen molar-refractivity contribution < 1.29 is 53.9 Å². The molecule has 0 radical (unpaired) electrons. The van der Waals surface area contributed by atoms with Crippen molar-refractivity contribution in [3.63, 3.8) is 0 Å². The average Bonchev–Trinajstić information content (AvgIpc) is 2.76. The molecule has 3 unspecified atom stereocenters. The minimum Gasteiger partial charge on any atom is -0.481 e. The van der Waals surface area contributed by atoms with Crippen molar-refractivity contribution in [2.45, 2.75) is 57.1 Å². The number of carbonyl (C=O) groups is 6. The molecular weight excluding hydrogens is 460 g/mol. The fourth-order valence-corrected chi connectivity index (χ4v) is 3.24. The zero-order chi connectivity index (χ0) is 26.6. The number of rotatable bonds is 15. The average molecular weight is 492 g/mol. The van der Waals surface area contributed by atoms with Crippen LogP contribution in [0.25, 0.3) is 0 Å². The van der Waals surface area contributed by atoms with E-state index in [0.717, 1.165) is 6.92 Å². The van der Waals surface area contributed by atoms with Crippen LogP contribution in [0.4, 0.5) is 4.79 Å². The Morgan fingerprint density at radius 1 is 1.15 bits per heavy atom. The van der Waals surface area contributed by atoms with Crippen molar-refractivity contribution >= 4 is 36.0 Å². The first kappa shape index (κ1) is 30.9. The number of primary amides is 1. The minimum absolute atomic E-state index is 0.186. The Morgan fingerprint density at radius 2 is 1.74 bits per heavy atom. The van der Waals surface area contributed by atoms with Crippen molar-refractivity contribution in [2.75, 3.05) is 13.7 Å². The van der Waals surface area contributed by atoms with Crippen LogP contribution in [0.3, 0.4) is 0 Å². The molecule has 9 N–H and O–H groups in total. The fourth-order valence-electron chi connectivity index (χ4n) is 3.24. The molecule has 194 valence electrons. The molecule has 0 aliphatic heterocycles. The zero-order valence-corrected chi connectivity index (χ0v) is 19.0. The number of hydrogen-bond donors (Lipinski definition) is 8. The second-order valence-corrected chi connectivity index (χ2v) is 7.44. The molecule has 0 saturated carbocycles. The minimum atomic E-state index is -1.94. The molecule has 7 atom stereocenters. The van der Waals surface area contributed by atoms with Gasteiger partial charge in [-0.2, -0.15) is 0 Å². The van der Waals surface area contributed by atoms with Gasteiger partial charge in [-0.05, 0) is 13.3 Å². The second-order valence-electron chi connectivity index (χ2n) is 7.44. The number of carboxylic acid groups (broad SMARTS) is 1. The molecule has 0 aliphatic carbocycles. The van der Waals surface area contributed by atoms with Gasteiger partial charge in [0.25, 0.3) is 0 Å². The van der Waals surface area contributed by atoms with Crippen molar-refractivity contribution in [3.8, 4) is 0 Å². The zero-order valence-electron chi connectivity index (χ0n) is 19.0. The molecule has 0 aliphatic rings. The molecule has 34 heavy (non-hydrogen) atoms. The van der Waals surface area contributed by atoms with Crippen LogP contribution in [0.2, 0.25) is 0 Å². The monoisotopic (exact) mass is 492 g/mol. The van der Waals surface area contributed by atoms with E-state index in [2.05, 4.69) is 10.6 Å². The Labute approximate surface area is 195 Å². The molecule has 0 aromatic carbocycles. The highest BCUT2D eigenvalue weighted by Gasteiger charge is 2.42. The van der Waals surface area contributed by atoms with E-state index >= 15 is 0 Å². The summed E-state index contributed by atoms with van der Waals surface area (Å²) in [7, 11) is 1.21. The largest absolute Gasteiger partial charge is 0.481 e. The van der Waals surface area contributed by atoms with Crippen molar-refractivity contribution in [2.24, 2.45) is 17.6 Å². The Morgan fingerprint density at radius 3 is 2.15 bits per heavy atom. The number of aliphatic hydroxyl groups is 3. The van der Waals surface area contributed by atoms with E-state index in [4.69, 9.17) is 20.7 Å². The van der Waals surface area contributed by atoms with Gasteiger partial charge in [0.2, 0.25) is 17.7 Å². The van der Waals surface area contributed by atoms with Crippen molar-refractivity contribution in [1.29, 1.82) is 0 Å². The van der Waals surface area contributed by atoms with Crippen LogP contribution in [-0.4, -0.2) is 101 Å². The number of nitrogens with two attached hydrogens (primary N) is 1. The highest BCUT2D eigenvalue weighted by molar-refractivity contribution is 5.97. The topological polar surface area (TPSA) is 255 Å². The van der Waals surface area contributed by atoms with Crippen LogP contribution >= 0.6 is 0 Å². The van der Waals surface area contributed by atoms with Crippen molar-refractivity contribution in [3.05, 3.63) is 0 Å². The standard InChI is InChI=1S/C19H32N4O11/c1-8(34-16(15(30)12(27)7-25)11(6-24)22-9(2)26)14(17(20)31)10(4-5-13(28)29)18(32)23-19(33)21-3/h6,8,10-12,14-16,25,27,30H,4-5,7H2,1-3H3,(H2,20,31)(H,22,26)(H,28,29)(H2,21,23,32,33)/t8?,10?,11-,12+,14?,15+,16+/m0/s1. The molecule has 0 rings (SSSR count). The van der Waals surface area contributed by atoms with E-state index in [-0.39, 0.29) is 6.29 Å². The Hall–Kier alpha value is -3.14. The van der Waals surface area contributed by atoms with Crippen LogP contribution in [-0.2, 0) is 28.7 Å². The number of aldehydes is 1. The van der Waals surface area contributed by atoms with Gasteiger partial charge in [0.1, 0.15) is 30.6 Å². The van der Waals surface area contributed by atoms with E-state index in [0.29, 0.717) is 0 Å². The predicted molar refractivity (Wildman–Crippen MR) is 113 cm³/mol. The van der Waals surface area contributed by atoms with Gasteiger partial charge in [-0.3, -0.25) is 24.5 Å². The van der Waals surface area contributed by atoms with Gasteiger partial charge in [0, 0.05) is 20.4 Å². The predicted octanol–water partition coefficient (Wildman–Crippen LogP) is -3.78. The lowest BCUT2D eigenvalue weighted by molar-refractivity contribution is -0.162. The number of nitrogens with one attached hydrogen (secondary N) is 3. The number of urea groups is 1. The summed E-state index contributed by atoms with van der Waals surface area (Å²) in [4.78, 5) is 70.5. The lowest BCUT2D eigenvalue weighted by atomic mass is 9.83. The van der Waals surface area contributed by atoms with E-state index < -0.39 is 91.5 Å². The SMILES string of the molecule is CNC(=O)NC(=O)C(CCC(=O)O)C(C(N)=O)C(C)O[C@@H]([C@H](O)[C@H](O)CO)[C@H](C=O)NC(C)=O. The lowest BCUT2D eigenvalue weighted by Gasteiger charge is -2.36. The van der Waals surface area contributed by atoms with E-state index in [1.54, 1.807) is 0 Å². The summed E-state index contributed by atoms with van der Waals surface area (Å²) in [5.74, 6) is -7.25. The summed E-state index contributed by atoms with van der Waals surface area (Å²) in [5.41, 5.74) is 5.44. The first-order chi connectivity index (χ1) is 15.8. The summed E-state index contributed by atoms with van der Waals surface area (Å²) in [6.45, 7) is 1.33. The molecule has 0 fully saturated rings. The number of ether oxygens (including phenoxy) is 1. The van der Waals surface area contributed by atoms with Gasteiger partial charge in [-0.1, -0.05) is 0 Å². The van der Waals surface area contributed by atoms with Crippen LogP contribution in [0, 0.1) is 11.8 Å². The first-order valence-electron chi connectivity index (χ1n) is 10.2. The maximum atomic E-state index is 12.6. The number of imide groups is 1. The smallest absolute Gasteiger partial charge is 0.321 e. The molecule has 0 heterocycles. The Kier molecular flexibility index (Phi) is 13.5. The number of amides is 5. The molecule has 15 heteroatoms. The molecule has 5 amide bonds. The van der Waals surface area contributed by atoms with Gasteiger partial charge < -0.3 is 46.3 Å². The quantitative estimate of drug-likeness (QED) is 0.103. The summed E-state index contributed by atoms with van der Waals surface area (Å²) in [6.07, 6.45) is -7.73. The molecule has 0 aromatic heterocycles. The number of hydrogen-bond acceptors (Lipinski definition) is 10.